The van der Waals surface area contributed by atoms with Gasteiger partial charge in [0.15, 0.2) is 0 Å². The van der Waals surface area contributed by atoms with Crippen molar-refractivity contribution in [3.05, 3.63) is 0 Å². The maximum Gasteiger partial charge on any atom is 0.106 e. The lowest BCUT2D eigenvalue weighted by Gasteiger charge is -2.08. The van der Waals surface area contributed by atoms with Crippen molar-refractivity contribution < 1.29 is 4.84 Å². The Morgan fingerprint density at radius 2 is 2.55 bits per heavy atom. The van der Waals surface area contributed by atoms with Gasteiger partial charge in [0.25, 0.3) is 0 Å². The summed E-state index contributed by atoms with van der Waals surface area (Å²) in [5, 5.41) is 3.85. The first-order chi connectivity index (χ1) is 5.27. The normalized spacial score (nSPS) is 29.7. The molecule has 0 radical (unpaired) electrons. The summed E-state index contributed by atoms with van der Waals surface area (Å²) < 4.78 is 0. The highest BCUT2D eigenvalue weighted by molar-refractivity contribution is 5.92. The molecule has 1 rings (SSSR count). The van der Waals surface area contributed by atoms with Gasteiger partial charge in [-0.3, -0.25) is 4.90 Å². The highest BCUT2D eigenvalue weighted by Gasteiger charge is 2.24. The average Bonchev–Trinajstić information content (AvgIpc) is 2.33. The van der Waals surface area contributed by atoms with E-state index in [0.717, 1.165) is 25.3 Å². The molecule has 0 saturated carbocycles. The summed E-state index contributed by atoms with van der Waals surface area (Å²) >= 11 is 0. The van der Waals surface area contributed by atoms with E-state index >= 15 is 0 Å². The Morgan fingerprint density at radius 3 is 3.00 bits per heavy atom. The summed E-state index contributed by atoms with van der Waals surface area (Å²) in [4.78, 5) is 6.91. The molecule has 1 atom stereocenters. The molecular weight excluding hydrogens is 142 g/mol. The SMILES string of the molecule is CCN1C/C(=N/OC)C(N)C1. The van der Waals surface area contributed by atoms with Gasteiger partial charge >= 0.3 is 0 Å². The molecule has 1 saturated heterocycles. The minimum atomic E-state index is 0.0647. The number of rotatable bonds is 2. The maximum absolute atomic E-state index is 5.78. The van der Waals surface area contributed by atoms with Gasteiger partial charge in [-0.25, -0.2) is 0 Å². The molecule has 1 heterocycles. The molecule has 0 bridgehead atoms. The van der Waals surface area contributed by atoms with Crippen LogP contribution in [-0.4, -0.2) is 43.4 Å². The van der Waals surface area contributed by atoms with Crippen molar-refractivity contribution in [2.24, 2.45) is 10.9 Å². The van der Waals surface area contributed by atoms with Crippen molar-refractivity contribution >= 4 is 5.71 Å². The lowest BCUT2D eigenvalue weighted by Crippen LogP contribution is -2.29. The second-order valence-corrected chi connectivity index (χ2v) is 2.70. The zero-order chi connectivity index (χ0) is 8.27. The van der Waals surface area contributed by atoms with E-state index in [4.69, 9.17) is 5.73 Å². The molecule has 0 amide bonds. The molecule has 64 valence electrons. The van der Waals surface area contributed by atoms with Crippen molar-refractivity contribution in [2.75, 3.05) is 26.7 Å². The third kappa shape index (κ3) is 1.91. The predicted molar refractivity (Wildman–Crippen MR) is 44.5 cm³/mol. The third-order valence-corrected chi connectivity index (χ3v) is 1.92. The Hall–Kier alpha value is -0.610. The first-order valence-corrected chi connectivity index (χ1v) is 3.85. The van der Waals surface area contributed by atoms with Gasteiger partial charge in [0.1, 0.15) is 7.11 Å². The van der Waals surface area contributed by atoms with Gasteiger partial charge in [-0.2, -0.15) is 0 Å². The molecule has 0 aliphatic carbocycles. The predicted octanol–water partition coefficient (Wildman–Crippen LogP) is -0.348. The van der Waals surface area contributed by atoms with Gasteiger partial charge in [0.2, 0.25) is 0 Å². The third-order valence-electron chi connectivity index (χ3n) is 1.92. The van der Waals surface area contributed by atoms with E-state index in [1.54, 1.807) is 7.11 Å². The lowest BCUT2D eigenvalue weighted by molar-refractivity contribution is 0.212. The minimum Gasteiger partial charge on any atom is -0.399 e. The van der Waals surface area contributed by atoms with E-state index in [1.807, 2.05) is 0 Å². The van der Waals surface area contributed by atoms with Crippen molar-refractivity contribution in [2.45, 2.75) is 13.0 Å². The van der Waals surface area contributed by atoms with Crippen molar-refractivity contribution in [1.29, 1.82) is 0 Å². The quantitative estimate of drug-likeness (QED) is 0.557. The topological polar surface area (TPSA) is 50.8 Å². The Morgan fingerprint density at radius 1 is 1.82 bits per heavy atom. The summed E-state index contributed by atoms with van der Waals surface area (Å²) in [5.74, 6) is 0. The maximum atomic E-state index is 5.78. The second kappa shape index (κ2) is 3.69. The van der Waals surface area contributed by atoms with E-state index < -0.39 is 0 Å². The fourth-order valence-electron chi connectivity index (χ4n) is 1.25. The summed E-state index contributed by atoms with van der Waals surface area (Å²) in [5.41, 5.74) is 6.73. The van der Waals surface area contributed by atoms with E-state index in [0.29, 0.717) is 0 Å². The highest BCUT2D eigenvalue weighted by atomic mass is 16.6. The molecule has 4 nitrogen and oxygen atoms in total. The van der Waals surface area contributed by atoms with Crippen LogP contribution in [0.4, 0.5) is 0 Å². The van der Waals surface area contributed by atoms with E-state index in [1.165, 1.54) is 0 Å². The van der Waals surface area contributed by atoms with Crippen molar-refractivity contribution in [3.8, 4) is 0 Å². The van der Waals surface area contributed by atoms with Gasteiger partial charge in [0.05, 0.1) is 11.8 Å². The Kier molecular flexibility index (Phi) is 2.84. The van der Waals surface area contributed by atoms with Crippen LogP contribution in [0.25, 0.3) is 0 Å². The van der Waals surface area contributed by atoms with Crippen LogP contribution in [0.15, 0.2) is 5.16 Å². The second-order valence-electron chi connectivity index (χ2n) is 2.70. The average molecular weight is 157 g/mol. The zero-order valence-electron chi connectivity index (χ0n) is 7.08. The van der Waals surface area contributed by atoms with Gasteiger partial charge in [0, 0.05) is 13.1 Å². The first kappa shape index (κ1) is 8.49. The lowest BCUT2D eigenvalue weighted by atomic mass is 10.2. The molecule has 1 aliphatic heterocycles. The molecule has 0 aromatic rings. The number of oxime groups is 1. The summed E-state index contributed by atoms with van der Waals surface area (Å²) in [6, 6.07) is 0.0647. The standard InChI is InChI=1S/C7H15N3O/c1-3-10-4-6(8)7(5-10)9-11-2/h6H,3-5,8H2,1-2H3/b9-7-. The molecule has 1 aliphatic rings. The summed E-state index contributed by atoms with van der Waals surface area (Å²) in [6.07, 6.45) is 0. The smallest absolute Gasteiger partial charge is 0.106 e. The molecule has 1 unspecified atom stereocenters. The van der Waals surface area contributed by atoms with Crippen LogP contribution in [0.1, 0.15) is 6.92 Å². The van der Waals surface area contributed by atoms with Crippen LogP contribution >= 0.6 is 0 Å². The summed E-state index contributed by atoms with van der Waals surface area (Å²) in [6.45, 7) is 4.89. The van der Waals surface area contributed by atoms with Gasteiger partial charge < -0.3 is 10.6 Å². The fourth-order valence-corrected chi connectivity index (χ4v) is 1.25. The van der Waals surface area contributed by atoms with Crippen LogP contribution in [0.5, 0.6) is 0 Å². The van der Waals surface area contributed by atoms with Crippen molar-refractivity contribution in [3.63, 3.8) is 0 Å². The number of likely N-dealkylation sites (tertiary alicyclic amines) is 1. The zero-order valence-corrected chi connectivity index (χ0v) is 7.08. The highest BCUT2D eigenvalue weighted by Crippen LogP contribution is 2.04. The van der Waals surface area contributed by atoms with Gasteiger partial charge in [-0.05, 0) is 6.54 Å². The number of nitrogens with two attached hydrogens (primary N) is 1. The van der Waals surface area contributed by atoms with Crippen molar-refractivity contribution in [1.82, 2.24) is 4.90 Å². The molecule has 1 fully saturated rings. The monoisotopic (exact) mass is 157 g/mol. The molecule has 11 heavy (non-hydrogen) atoms. The molecule has 4 heteroatoms. The van der Waals surface area contributed by atoms with Crippen LogP contribution < -0.4 is 5.73 Å². The Bertz CT molecular complexity index is 158. The van der Waals surface area contributed by atoms with Crippen LogP contribution in [0, 0.1) is 0 Å². The molecule has 0 spiro atoms. The molecular formula is C7H15N3O. The number of nitrogens with zero attached hydrogens (tertiary/aromatic N) is 2. The first-order valence-electron chi connectivity index (χ1n) is 3.85. The number of likely N-dealkylation sites (N-methyl/N-ethyl adjacent to an activating group) is 1. The molecule has 0 aromatic heterocycles. The van der Waals surface area contributed by atoms with E-state index in [-0.39, 0.29) is 6.04 Å². The molecule has 2 N–H and O–H groups in total. The van der Waals surface area contributed by atoms with E-state index in [9.17, 15) is 0 Å². The van der Waals surface area contributed by atoms with Crippen LogP contribution in [0.2, 0.25) is 0 Å². The van der Waals surface area contributed by atoms with E-state index in [2.05, 4.69) is 21.8 Å². The number of hydrogen-bond acceptors (Lipinski definition) is 4. The van der Waals surface area contributed by atoms with Crippen LogP contribution in [-0.2, 0) is 4.84 Å². The largest absolute Gasteiger partial charge is 0.399 e. The molecule has 0 aromatic carbocycles. The number of hydrogen-bond donors (Lipinski definition) is 1. The minimum absolute atomic E-state index is 0.0647. The Balaban J connectivity index is 2.51. The summed E-state index contributed by atoms with van der Waals surface area (Å²) in [7, 11) is 1.55. The van der Waals surface area contributed by atoms with Gasteiger partial charge in [-0.1, -0.05) is 12.1 Å². The fraction of sp³-hybridized carbons (Fsp3) is 0.857. The van der Waals surface area contributed by atoms with Gasteiger partial charge in [-0.15, -0.1) is 0 Å². The van der Waals surface area contributed by atoms with Crippen LogP contribution in [0.3, 0.4) is 0 Å². The Labute approximate surface area is 67.0 Å².